The van der Waals surface area contributed by atoms with Crippen molar-refractivity contribution in [1.82, 2.24) is 4.98 Å². The first kappa shape index (κ1) is 19.5. The summed E-state index contributed by atoms with van der Waals surface area (Å²) in [5.41, 5.74) is 1.50. The Morgan fingerprint density at radius 3 is 2.28 bits per heavy atom. The zero-order valence-electron chi connectivity index (χ0n) is 16.4. The molecule has 0 radical (unpaired) electrons. The second kappa shape index (κ2) is 7.91. The van der Waals surface area contributed by atoms with Gasteiger partial charge in [-0.3, -0.25) is 4.98 Å². The molecule has 0 atom stereocenters. The van der Waals surface area contributed by atoms with Crippen molar-refractivity contribution in [2.24, 2.45) is 0 Å². The van der Waals surface area contributed by atoms with Crippen LogP contribution in [0.3, 0.4) is 0 Å². The minimum absolute atomic E-state index is 0.0765. The molecule has 1 saturated carbocycles. The molecule has 6 nitrogen and oxygen atoms in total. The number of hydrogen-bond donors (Lipinski definition) is 0. The predicted molar refractivity (Wildman–Crippen MR) is 112 cm³/mol. The molecule has 1 aliphatic rings. The number of benzene rings is 2. The third-order valence-electron chi connectivity index (χ3n) is 5.29. The summed E-state index contributed by atoms with van der Waals surface area (Å²) < 4.78 is 41.5. The van der Waals surface area contributed by atoms with Crippen LogP contribution in [0.15, 0.2) is 48.7 Å². The van der Waals surface area contributed by atoms with Gasteiger partial charge in [0.1, 0.15) is 11.5 Å². The Morgan fingerprint density at radius 2 is 1.66 bits per heavy atom. The lowest BCUT2D eigenvalue weighted by Gasteiger charge is -2.25. The monoisotopic (exact) mass is 413 g/mol. The van der Waals surface area contributed by atoms with E-state index in [0.29, 0.717) is 23.0 Å². The van der Waals surface area contributed by atoms with E-state index in [4.69, 9.17) is 14.2 Å². The van der Waals surface area contributed by atoms with Crippen LogP contribution >= 0.6 is 0 Å². The van der Waals surface area contributed by atoms with Crippen molar-refractivity contribution in [1.29, 1.82) is 0 Å². The highest BCUT2D eigenvalue weighted by Crippen LogP contribution is 2.37. The lowest BCUT2D eigenvalue weighted by atomic mass is 10.00. The molecule has 152 valence electrons. The lowest BCUT2D eigenvalue weighted by molar-refractivity contribution is 0.355. The Hall–Kier alpha value is -2.80. The van der Waals surface area contributed by atoms with Crippen molar-refractivity contribution in [3.63, 3.8) is 0 Å². The van der Waals surface area contributed by atoms with E-state index in [2.05, 4.69) is 4.98 Å². The number of rotatable bonds is 7. The summed E-state index contributed by atoms with van der Waals surface area (Å²) in [5.74, 6) is 2.52. The van der Waals surface area contributed by atoms with Crippen LogP contribution in [-0.4, -0.2) is 32.9 Å². The summed E-state index contributed by atoms with van der Waals surface area (Å²) in [6, 6.07) is 12.6. The van der Waals surface area contributed by atoms with Gasteiger partial charge in [-0.25, -0.2) is 8.42 Å². The zero-order chi connectivity index (χ0) is 20.4. The van der Waals surface area contributed by atoms with Gasteiger partial charge in [0.15, 0.2) is 21.3 Å². The Labute approximate surface area is 170 Å². The topological polar surface area (TPSA) is 74.7 Å². The summed E-state index contributed by atoms with van der Waals surface area (Å²) >= 11 is 0. The zero-order valence-corrected chi connectivity index (χ0v) is 17.2. The van der Waals surface area contributed by atoms with E-state index in [0.717, 1.165) is 35.7 Å². The number of nitrogens with zero attached hydrogens (tertiary/aromatic N) is 1. The normalized spacial score (nSPS) is 14.4. The maximum absolute atomic E-state index is 12.4. The number of aromatic nitrogens is 1. The van der Waals surface area contributed by atoms with Gasteiger partial charge in [0, 0.05) is 17.6 Å². The maximum atomic E-state index is 12.4. The van der Waals surface area contributed by atoms with Crippen LogP contribution in [0.4, 0.5) is 0 Å². The molecule has 0 unspecified atom stereocenters. The molecule has 4 rings (SSSR count). The van der Waals surface area contributed by atoms with Crippen LogP contribution in [0.25, 0.3) is 10.9 Å². The SMILES string of the molecule is COc1cc2nccc(Oc3ccc(CS(=O)(=O)C4CCC4)cc3)c2cc1OC. The van der Waals surface area contributed by atoms with Gasteiger partial charge in [-0.05, 0) is 42.7 Å². The van der Waals surface area contributed by atoms with Gasteiger partial charge >= 0.3 is 0 Å². The average Bonchev–Trinajstić information content (AvgIpc) is 2.66. The van der Waals surface area contributed by atoms with Gasteiger partial charge in [0.2, 0.25) is 0 Å². The number of sulfone groups is 1. The second-order valence-corrected chi connectivity index (χ2v) is 9.42. The highest BCUT2D eigenvalue weighted by Gasteiger charge is 2.31. The number of methoxy groups -OCH3 is 2. The third kappa shape index (κ3) is 4.00. The van der Waals surface area contributed by atoms with Crippen molar-refractivity contribution < 1.29 is 22.6 Å². The molecule has 1 fully saturated rings. The standard InChI is InChI=1S/C22H23NO5S/c1-26-21-12-18-19(13-22(21)27-2)23-11-10-20(18)28-16-8-6-15(7-9-16)14-29(24,25)17-4-3-5-17/h6-13,17H,3-5,14H2,1-2H3. The summed E-state index contributed by atoms with van der Waals surface area (Å²) in [7, 11) is 0.0941. The average molecular weight is 413 g/mol. The molecule has 1 heterocycles. The first-order valence-electron chi connectivity index (χ1n) is 9.49. The molecule has 7 heteroatoms. The van der Waals surface area contributed by atoms with E-state index in [9.17, 15) is 8.42 Å². The Morgan fingerprint density at radius 1 is 0.966 bits per heavy atom. The number of fused-ring (bicyclic) bond motifs is 1. The van der Waals surface area contributed by atoms with Gasteiger partial charge < -0.3 is 14.2 Å². The molecule has 0 bridgehead atoms. The van der Waals surface area contributed by atoms with Crippen LogP contribution in [0, 0.1) is 0 Å². The summed E-state index contributed by atoms with van der Waals surface area (Å²) in [6.45, 7) is 0. The van der Waals surface area contributed by atoms with E-state index in [-0.39, 0.29) is 11.0 Å². The number of pyridine rings is 1. The van der Waals surface area contributed by atoms with Crippen molar-refractivity contribution in [3.8, 4) is 23.0 Å². The minimum Gasteiger partial charge on any atom is -0.493 e. The molecule has 0 aliphatic heterocycles. The lowest BCUT2D eigenvalue weighted by Crippen LogP contribution is -2.29. The fraction of sp³-hybridized carbons (Fsp3) is 0.318. The largest absolute Gasteiger partial charge is 0.493 e. The molecule has 3 aromatic rings. The van der Waals surface area contributed by atoms with Gasteiger partial charge in [-0.15, -0.1) is 0 Å². The first-order valence-corrected chi connectivity index (χ1v) is 11.2. The molecule has 2 aromatic carbocycles. The molecule has 0 saturated heterocycles. The maximum Gasteiger partial charge on any atom is 0.162 e. The molecule has 0 N–H and O–H groups in total. The van der Waals surface area contributed by atoms with Gasteiger partial charge in [0.25, 0.3) is 0 Å². The van der Waals surface area contributed by atoms with E-state index in [1.165, 1.54) is 0 Å². The fourth-order valence-electron chi connectivity index (χ4n) is 3.40. The molecular formula is C22H23NO5S. The highest BCUT2D eigenvalue weighted by molar-refractivity contribution is 7.91. The van der Waals surface area contributed by atoms with Crippen molar-refractivity contribution in [2.75, 3.05) is 14.2 Å². The molecular weight excluding hydrogens is 390 g/mol. The van der Waals surface area contributed by atoms with Gasteiger partial charge in [-0.1, -0.05) is 18.6 Å². The van der Waals surface area contributed by atoms with Crippen LogP contribution in [0.1, 0.15) is 24.8 Å². The molecule has 1 aliphatic carbocycles. The van der Waals surface area contributed by atoms with Crippen LogP contribution in [0.5, 0.6) is 23.0 Å². The fourth-order valence-corrected chi connectivity index (χ4v) is 5.34. The van der Waals surface area contributed by atoms with E-state index in [1.807, 2.05) is 6.07 Å². The number of ether oxygens (including phenoxy) is 3. The highest BCUT2D eigenvalue weighted by atomic mass is 32.2. The summed E-state index contributed by atoms with van der Waals surface area (Å²) in [6.07, 6.45) is 4.25. The molecule has 0 spiro atoms. The van der Waals surface area contributed by atoms with Crippen molar-refractivity contribution in [3.05, 3.63) is 54.2 Å². The summed E-state index contributed by atoms with van der Waals surface area (Å²) in [4.78, 5) is 4.37. The van der Waals surface area contributed by atoms with Crippen LogP contribution in [-0.2, 0) is 15.6 Å². The van der Waals surface area contributed by atoms with E-state index in [1.54, 1.807) is 56.8 Å². The van der Waals surface area contributed by atoms with Gasteiger partial charge in [-0.2, -0.15) is 0 Å². The third-order valence-corrected chi connectivity index (χ3v) is 7.51. The van der Waals surface area contributed by atoms with E-state index >= 15 is 0 Å². The van der Waals surface area contributed by atoms with Crippen molar-refractivity contribution >= 4 is 20.7 Å². The first-order chi connectivity index (χ1) is 14.0. The summed E-state index contributed by atoms with van der Waals surface area (Å²) in [5, 5.41) is 0.621. The molecule has 1 aromatic heterocycles. The Bertz CT molecular complexity index is 1120. The van der Waals surface area contributed by atoms with Crippen LogP contribution < -0.4 is 14.2 Å². The minimum atomic E-state index is -3.07. The Kier molecular flexibility index (Phi) is 5.32. The number of hydrogen-bond acceptors (Lipinski definition) is 6. The predicted octanol–water partition coefficient (Wildman–Crippen LogP) is 4.51. The quantitative estimate of drug-likeness (QED) is 0.567. The second-order valence-electron chi connectivity index (χ2n) is 7.14. The smallest absolute Gasteiger partial charge is 0.162 e. The Balaban J connectivity index is 1.57. The van der Waals surface area contributed by atoms with Crippen molar-refractivity contribution in [2.45, 2.75) is 30.3 Å². The molecule has 0 amide bonds. The van der Waals surface area contributed by atoms with E-state index < -0.39 is 9.84 Å². The molecule has 29 heavy (non-hydrogen) atoms. The van der Waals surface area contributed by atoms with Crippen LogP contribution in [0.2, 0.25) is 0 Å². The van der Waals surface area contributed by atoms with Gasteiger partial charge in [0.05, 0.1) is 30.7 Å².